The van der Waals surface area contributed by atoms with Crippen LogP contribution in [0, 0.1) is 6.92 Å². The lowest BCUT2D eigenvalue weighted by Crippen LogP contribution is -2.37. The molecular formula is C11H13F3N2O2. The number of aromatic nitrogens is 1. The number of pyridine rings is 1. The second kappa shape index (κ2) is 5.81. The van der Waals surface area contributed by atoms with Gasteiger partial charge >= 0.3 is 12.1 Å². The van der Waals surface area contributed by atoms with Crippen molar-refractivity contribution < 1.29 is 23.1 Å². The van der Waals surface area contributed by atoms with Crippen molar-refractivity contribution in [3.05, 3.63) is 29.6 Å². The molecule has 0 radical (unpaired) electrons. The standard InChI is InChI=1S/C11H13F3N2O2/c1-8-2-3-9(4-15-8)5-16(6-10(17)18)7-11(12,13)14/h2-4H,5-7H2,1H3,(H,17,18). The first-order valence-electron chi connectivity index (χ1n) is 5.19. The topological polar surface area (TPSA) is 53.4 Å². The molecule has 1 N–H and O–H groups in total. The van der Waals surface area contributed by atoms with Gasteiger partial charge in [0.05, 0.1) is 13.1 Å². The van der Waals surface area contributed by atoms with Crippen LogP contribution in [0.15, 0.2) is 18.3 Å². The molecule has 0 spiro atoms. The van der Waals surface area contributed by atoms with Crippen molar-refractivity contribution in [2.45, 2.75) is 19.6 Å². The van der Waals surface area contributed by atoms with Crippen molar-refractivity contribution in [3.8, 4) is 0 Å². The van der Waals surface area contributed by atoms with Crippen LogP contribution in [0.5, 0.6) is 0 Å². The number of aryl methyl sites for hydroxylation is 1. The first kappa shape index (κ1) is 14.4. The summed E-state index contributed by atoms with van der Waals surface area (Å²) in [6.07, 6.45) is -2.98. The lowest BCUT2D eigenvalue weighted by Gasteiger charge is -2.21. The smallest absolute Gasteiger partial charge is 0.401 e. The lowest BCUT2D eigenvalue weighted by atomic mass is 10.2. The SMILES string of the molecule is Cc1ccc(CN(CC(=O)O)CC(F)(F)F)cn1. The molecule has 0 saturated heterocycles. The normalized spacial score (nSPS) is 11.8. The fourth-order valence-corrected chi connectivity index (χ4v) is 1.46. The van der Waals surface area contributed by atoms with Gasteiger partial charge in [-0.15, -0.1) is 0 Å². The van der Waals surface area contributed by atoms with Gasteiger partial charge in [-0.2, -0.15) is 13.2 Å². The van der Waals surface area contributed by atoms with Gasteiger partial charge in [-0.25, -0.2) is 0 Å². The number of carboxylic acid groups (broad SMARTS) is 1. The molecule has 1 aromatic heterocycles. The van der Waals surface area contributed by atoms with E-state index >= 15 is 0 Å². The molecule has 0 amide bonds. The van der Waals surface area contributed by atoms with E-state index in [1.54, 1.807) is 19.1 Å². The summed E-state index contributed by atoms with van der Waals surface area (Å²) in [6, 6.07) is 3.30. The molecule has 0 aliphatic carbocycles. The summed E-state index contributed by atoms with van der Waals surface area (Å²) < 4.78 is 36.8. The molecule has 18 heavy (non-hydrogen) atoms. The first-order chi connectivity index (χ1) is 8.26. The van der Waals surface area contributed by atoms with E-state index in [4.69, 9.17) is 5.11 Å². The molecule has 0 saturated carbocycles. The molecule has 0 aromatic carbocycles. The zero-order chi connectivity index (χ0) is 13.8. The van der Waals surface area contributed by atoms with Crippen LogP contribution in [0.2, 0.25) is 0 Å². The molecular weight excluding hydrogens is 249 g/mol. The number of rotatable bonds is 5. The van der Waals surface area contributed by atoms with Gasteiger partial charge in [-0.1, -0.05) is 6.07 Å². The number of nitrogens with zero attached hydrogens (tertiary/aromatic N) is 2. The highest BCUT2D eigenvalue weighted by Gasteiger charge is 2.31. The third-order valence-corrected chi connectivity index (χ3v) is 2.14. The highest BCUT2D eigenvalue weighted by Crippen LogP contribution is 2.17. The van der Waals surface area contributed by atoms with Gasteiger partial charge in [0.25, 0.3) is 0 Å². The molecule has 1 rings (SSSR count). The minimum atomic E-state index is -4.42. The van der Waals surface area contributed by atoms with Crippen LogP contribution in [-0.2, 0) is 11.3 Å². The third-order valence-electron chi connectivity index (χ3n) is 2.14. The molecule has 4 nitrogen and oxygen atoms in total. The van der Waals surface area contributed by atoms with Gasteiger partial charge in [0.1, 0.15) is 0 Å². The Kier molecular flexibility index (Phi) is 4.66. The molecule has 1 aromatic rings. The van der Waals surface area contributed by atoms with Gasteiger partial charge in [-0.3, -0.25) is 14.7 Å². The Labute approximate surface area is 102 Å². The van der Waals surface area contributed by atoms with E-state index in [-0.39, 0.29) is 6.54 Å². The van der Waals surface area contributed by atoms with E-state index in [0.717, 1.165) is 10.6 Å². The van der Waals surface area contributed by atoms with Crippen molar-refractivity contribution >= 4 is 5.97 Å². The number of carbonyl (C=O) groups is 1. The fraction of sp³-hybridized carbons (Fsp3) is 0.455. The van der Waals surface area contributed by atoms with Crippen LogP contribution < -0.4 is 0 Å². The molecule has 0 bridgehead atoms. The zero-order valence-electron chi connectivity index (χ0n) is 9.74. The van der Waals surface area contributed by atoms with Crippen LogP contribution in [0.1, 0.15) is 11.3 Å². The molecule has 1 heterocycles. The van der Waals surface area contributed by atoms with Crippen molar-refractivity contribution in [1.82, 2.24) is 9.88 Å². The Morgan fingerprint density at radius 3 is 2.56 bits per heavy atom. The van der Waals surface area contributed by atoms with E-state index in [2.05, 4.69) is 4.98 Å². The van der Waals surface area contributed by atoms with E-state index < -0.39 is 25.2 Å². The number of aliphatic carboxylic acids is 1. The van der Waals surface area contributed by atoms with Gasteiger partial charge in [0.2, 0.25) is 0 Å². The number of alkyl halides is 3. The molecule has 0 aliphatic heterocycles. The van der Waals surface area contributed by atoms with Crippen LogP contribution in [0.3, 0.4) is 0 Å². The molecule has 0 unspecified atom stereocenters. The molecule has 0 fully saturated rings. The zero-order valence-corrected chi connectivity index (χ0v) is 9.74. The van der Waals surface area contributed by atoms with E-state index in [1.807, 2.05) is 0 Å². The summed E-state index contributed by atoms with van der Waals surface area (Å²) in [4.78, 5) is 15.3. The minimum Gasteiger partial charge on any atom is -0.480 e. The maximum atomic E-state index is 12.3. The summed E-state index contributed by atoms with van der Waals surface area (Å²) in [5.74, 6) is -1.29. The maximum absolute atomic E-state index is 12.3. The second-order valence-electron chi connectivity index (χ2n) is 3.96. The van der Waals surface area contributed by atoms with Gasteiger partial charge < -0.3 is 5.11 Å². The van der Waals surface area contributed by atoms with Crippen molar-refractivity contribution in [3.63, 3.8) is 0 Å². The Morgan fingerprint density at radius 1 is 1.44 bits per heavy atom. The molecule has 0 atom stereocenters. The Morgan fingerprint density at radius 2 is 2.11 bits per heavy atom. The van der Waals surface area contributed by atoms with Gasteiger partial charge in [0, 0.05) is 18.4 Å². The largest absolute Gasteiger partial charge is 0.480 e. The lowest BCUT2D eigenvalue weighted by molar-refractivity contribution is -0.154. The van der Waals surface area contributed by atoms with Crippen LogP contribution in [0.4, 0.5) is 13.2 Å². The summed E-state index contributed by atoms with van der Waals surface area (Å²) in [5, 5.41) is 8.58. The Balaban J connectivity index is 2.71. The van der Waals surface area contributed by atoms with Gasteiger partial charge in [0.15, 0.2) is 0 Å². The number of halogens is 3. The number of carboxylic acids is 1. The molecule has 0 aliphatic rings. The quantitative estimate of drug-likeness (QED) is 0.879. The summed E-state index contributed by atoms with van der Waals surface area (Å²) in [6.45, 7) is -0.256. The average Bonchev–Trinajstić information content (AvgIpc) is 2.18. The van der Waals surface area contributed by atoms with Crippen molar-refractivity contribution in [1.29, 1.82) is 0 Å². The maximum Gasteiger partial charge on any atom is 0.401 e. The molecule has 7 heteroatoms. The summed E-state index contributed by atoms with van der Waals surface area (Å²) in [7, 11) is 0. The monoisotopic (exact) mass is 262 g/mol. The summed E-state index contributed by atoms with van der Waals surface area (Å²) >= 11 is 0. The van der Waals surface area contributed by atoms with E-state index in [9.17, 15) is 18.0 Å². The fourth-order valence-electron chi connectivity index (χ4n) is 1.46. The van der Waals surface area contributed by atoms with Gasteiger partial charge in [-0.05, 0) is 18.6 Å². The van der Waals surface area contributed by atoms with Crippen LogP contribution >= 0.6 is 0 Å². The van der Waals surface area contributed by atoms with Crippen LogP contribution in [-0.4, -0.2) is 40.2 Å². The van der Waals surface area contributed by atoms with Crippen molar-refractivity contribution in [2.75, 3.05) is 13.1 Å². The Hall–Kier alpha value is -1.63. The molecule has 100 valence electrons. The number of hydrogen-bond donors (Lipinski definition) is 1. The summed E-state index contributed by atoms with van der Waals surface area (Å²) in [5.41, 5.74) is 1.30. The number of hydrogen-bond acceptors (Lipinski definition) is 3. The average molecular weight is 262 g/mol. The Bertz CT molecular complexity index is 404. The minimum absolute atomic E-state index is 0.0981. The highest BCUT2D eigenvalue weighted by atomic mass is 19.4. The second-order valence-corrected chi connectivity index (χ2v) is 3.96. The first-order valence-corrected chi connectivity index (χ1v) is 5.19. The predicted molar refractivity (Wildman–Crippen MR) is 57.9 cm³/mol. The van der Waals surface area contributed by atoms with E-state index in [1.165, 1.54) is 6.20 Å². The van der Waals surface area contributed by atoms with Crippen molar-refractivity contribution in [2.24, 2.45) is 0 Å². The van der Waals surface area contributed by atoms with E-state index in [0.29, 0.717) is 5.56 Å². The highest BCUT2D eigenvalue weighted by molar-refractivity contribution is 5.69. The van der Waals surface area contributed by atoms with Crippen LogP contribution in [0.25, 0.3) is 0 Å². The third kappa shape index (κ3) is 5.62. The predicted octanol–water partition coefficient (Wildman–Crippen LogP) is 1.84.